The summed E-state index contributed by atoms with van der Waals surface area (Å²) in [6.45, 7) is 3.79. The lowest BCUT2D eigenvalue weighted by molar-refractivity contribution is 0.102. The number of carbonyl (C=O) groups excluding carboxylic acids is 1. The van der Waals surface area contributed by atoms with E-state index in [9.17, 15) is 9.18 Å². The van der Waals surface area contributed by atoms with Gasteiger partial charge in [-0.05, 0) is 31.0 Å². The number of pyridine rings is 1. The Bertz CT molecular complexity index is 635. The molecule has 2 N–H and O–H groups in total. The second-order valence-corrected chi connectivity index (χ2v) is 4.49. The predicted octanol–water partition coefficient (Wildman–Crippen LogP) is 3.13. The van der Waals surface area contributed by atoms with Crippen LogP contribution in [-0.2, 0) is 0 Å². The van der Waals surface area contributed by atoms with E-state index >= 15 is 0 Å². The smallest absolute Gasteiger partial charge is 0.258 e. The number of benzene rings is 1. The Morgan fingerprint density at radius 3 is 2.45 bits per heavy atom. The SMILES string of the molecule is CNc1nccc(C(=O)Nc2c(C)cccc2C)c1F. The van der Waals surface area contributed by atoms with Crippen LogP contribution in [0.3, 0.4) is 0 Å². The summed E-state index contributed by atoms with van der Waals surface area (Å²) in [6, 6.07) is 7.06. The molecule has 0 unspecified atom stereocenters. The van der Waals surface area contributed by atoms with Crippen molar-refractivity contribution in [3.63, 3.8) is 0 Å². The third-order valence-electron chi connectivity index (χ3n) is 3.09. The van der Waals surface area contributed by atoms with Gasteiger partial charge >= 0.3 is 0 Å². The minimum atomic E-state index is -0.654. The zero-order chi connectivity index (χ0) is 14.7. The molecule has 0 aliphatic carbocycles. The van der Waals surface area contributed by atoms with E-state index in [1.165, 1.54) is 12.3 Å². The first-order valence-corrected chi connectivity index (χ1v) is 6.24. The number of rotatable bonds is 3. The predicted molar refractivity (Wildman–Crippen MR) is 77.6 cm³/mol. The molecule has 0 aliphatic heterocycles. The molecule has 0 spiro atoms. The van der Waals surface area contributed by atoms with E-state index in [1.807, 2.05) is 32.0 Å². The highest BCUT2D eigenvalue weighted by Crippen LogP contribution is 2.22. The van der Waals surface area contributed by atoms with E-state index in [-0.39, 0.29) is 11.4 Å². The van der Waals surface area contributed by atoms with Crippen LogP contribution in [0.2, 0.25) is 0 Å². The fraction of sp³-hybridized carbons (Fsp3) is 0.200. The molecular weight excluding hydrogens is 257 g/mol. The van der Waals surface area contributed by atoms with Crippen molar-refractivity contribution in [1.29, 1.82) is 0 Å². The van der Waals surface area contributed by atoms with Crippen LogP contribution < -0.4 is 10.6 Å². The summed E-state index contributed by atoms with van der Waals surface area (Å²) in [5.74, 6) is -1.09. The van der Waals surface area contributed by atoms with Crippen molar-refractivity contribution in [3.05, 3.63) is 53.0 Å². The number of aromatic nitrogens is 1. The largest absolute Gasteiger partial charge is 0.371 e. The van der Waals surface area contributed by atoms with Crippen molar-refractivity contribution >= 4 is 17.4 Å². The van der Waals surface area contributed by atoms with Crippen molar-refractivity contribution in [2.45, 2.75) is 13.8 Å². The van der Waals surface area contributed by atoms with Crippen LogP contribution >= 0.6 is 0 Å². The fourth-order valence-electron chi connectivity index (χ4n) is 1.99. The Hall–Kier alpha value is -2.43. The number of hydrogen-bond acceptors (Lipinski definition) is 3. The van der Waals surface area contributed by atoms with Gasteiger partial charge in [0, 0.05) is 18.9 Å². The van der Waals surface area contributed by atoms with E-state index in [0.29, 0.717) is 5.69 Å². The molecule has 2 aromatic rings. The summed E-state index contributed by atoms with van der Waals surface area (Å²) < 4.78 is 14.0. The van der Waals surface area contributed by atoms with E-state index in [2.05, 4.69) is 15.6 Å². The second-order valence-electron chi connectivity index (χ2n) is 4.49. The van der Waals surface area contributed by atoms with Crippen molar-refractivity contribution in [1.82, 2.24) is 4.98 Å². The highest BCUT2D eigenvalue weighted by molar-refractivity contribution is 6.05. The molecule has 0 radical (unpaired) electrons. The molecular formula is C15H16FN3O. The summed E-state index contributed by atoms with van der Waals surface area (Å²) in [5.41, 5.74) is 2.54. The number of anilines is 2. The van der Waals surface area contributed by atoms with Crippen molar-refractivity contribution in [3.8, 4) is 0 Å². The Balaban J connectivity index is 2.34. The molecule has 0 atom stereocenters. The molecule has 0 aliphatic rings. The number of amides is 1. The van der Waals surface area contributed by atoms with Crippen molar-refractivity contribution in [2.24, 2.45) is 0 Å². The quantitative estimate of drug-likeness (QED) is 0.903. The van der Waals surface area contributed by atoms with Gasteiger partial charge in [-0.3, -0.25) is 4.79 Å². The number of para-hydroxylation sites is 1. The Kier molecular flexibility index (Phi) is 3.98. The van der Waals surface area contributed by atoms with Gasteiger partial charge in [0.15, 0.2) is 11.6 Å². The first-order valence-electron chi connectivity index (χ1n) is 6.24. The van der Waals surface area contributed by atoms with Gasteiger partial charge in [0.05, 0.1) is 5.56 Å². The fourth-order valence-corrected chi connectivity index (χ4v) is 1.99. The molecule has 1 aromatic heterocycles. The van der Waals surface area contributed by atoms with Gasteiger partial charge in [-0.2, -0.15) is 0 Å². The molecule has 5 heteroatoms. The maximum absolute atomic E-state index is 14.0. The number of nitrogens with one attached hydrogen (secondary N) is 2. The van der Waals surface area contributed by atoms with Crippen LogP contribution in [0.15, 0.2) is 30.5 Å². The molecule has 20 heavy (non-hydrogen) atoms. The Morgan fingerprint density at radius 1 is 1.20 bits per heavy atom. The molecule has 0 saturated carbocycles. The zero-order valence-corrected chi connectivity index (χ0v) is 11.6. The van der Waals surface area contributed by atoms with Crippen molar-refractivity contribution < 1.29 is 9.18 Å². The van der Waals surface area contributed by atoms with E-state index in [4.69, 9.17) is 0 Å². The number of nitrogens with zero attached hydrogens (tertiary/aromatic N) is 1. The van der Waals surface area contributed by atoms with E-state index < -0.39 is 11.7 Å². The van der Waals surface area contributed by atoms with Gasteiger partial charge in [-0.25, -0.2) is 9.37 Å². The summed E-state index contributed by atoms with van der Waals surface area (Å²) in [5, 5.41) is 5.36. The molecule has 2 rings (SSSR count). The normalized spacial score (nSPS) is 10.2. The molecule has 1 amide bonds. The van der Waals surface area contributed by atoms with Crippen LogP contribution in [0.5, 0.6) is 0 Å². The van der Waals surface area contributed by atoms with Crippen LogP contribution in [0.25, 0.3) is 0 Å². The zero-order valence-electron chi connectivity index (χ0n) is 11.6. The molecule has 0 fully saturated rings. The van der Waals surface area contributed by atoms with Gasteiger partial charge in [0.1, 0.15) is 0 Å². The van der Waals surface area contributed by atoms with Crippen LogP contribution in [0, 0.1) is 19.7 Å². The number of hydrogen-bond donors (Lipinski definition) is 2. The Morgan fingerprint density at radius 2 is 1.85 bits per heavy atom. The monoisotopic (exact) mass is 273 g/mol. The maximum atomic E-state index is 14.0. The third-order valence-corrected chi connectivity index (χ3v) is 3.09. The molecule has 0 bridgehead atoms. The third kappa shape index (κ3) is 2.61. The lowest BCUT2D eigenvalue weighted by atomic mass is 10.1. The lowest BCUT2D eigenvalue weighted by Crippen LogP contribution is -2.16. The highest BCUT2D eigenvalue weighted by atomic mass is 19.1. The van der Waals surface area contributed by atoms with Gasteiger partial charge in [0.25, 0.3) is 5.91 Å². The second kappa shape index (κ2) is 5.69. The summed E-state index contributed by atoms with van der Waals surface area (Å²) in [6.07, 6.45) is 1.40. The lowest BCUT2D eigenvalue weighted by Gasteiger charge is -2.12. The summed E-state index contributed by atoms with van der Waals surface area (Å²) >= 11 is 0. The van der Waals surface area contributed by atoms with Crippen molar-refractivity contribution in [2.75, 3.05) is 17.7 Å². The topological polar surface area (TPSA) is 54.0 Å². The van der Waals surface area contributed by atoms with Gasteiger partial charge in [0.2, 0.25) is 0 Å². The average molecular weight is 273 g/mol. The van der Waals surface area contributed by atoms with Crippen LogP contribution in [0.1, 0.15) is 21.5 Å². The minimum Gasteiger partial charge on any atom is -0.371 e. The maximum Gasteiger partial charge on any atom is 0.258 e. The van der Waals surface area contributed by atoms with E-state index in [1.54, 1.807) is 7.05 Å². The standard InChI is InChI=1S/C15H16FN3O/c1-9-5-4-6-10(2)13(9)19-15(20)11-7-8-18-14(17-3)12(11)16/h4-8H,1-3H3,(H,17,18)(H,19,20). The molecule has 4 nitrogen and oxygen atoms in total. The summed E-state index contributed by atoms with van der Waals surface area (Å²) in [7, 11) is 1.55. The minimum absolute atomic E-state index is 0.0352. The molecule has 104 valence electrons. The average Bonchev–Trinajstić information content (AvgIpc) is 2.43. The number of aryl methyl sites for hydroxylation is 2. The number of carbonyl (C=O) groups is 1. The Labute approximate surface area is 117 Å². The van der Waals surface area contributed by atoms with Gasteiger partial charge < -0.3 is 10.6 Å². The van der Waals surface area contributed by atoms with E-state index in [0.717, 1.165) is 11.1 Å². The first-order chi connectivity index (χ1) is 9.54. The van der Waals surface area contributed by atoms with Crippen LogP contribution in [-0.4, -0.2) is 17.9 Å². The highest BCUT2D eigenvalue weighted by Gasteiger charge is 2.16. The van der Waals surface area contributed by atoms with Crippen LogP contribution in [0.4, 0.5) is 15.9 Å². The molecule has 0 saturated heterocycles. The first kappa shape index (κ1) is 14.0. The summed E-state index contributed by atoms with van der Waals surface area (Å²) in [4.78, 5) is 16.0. The number of halogens is 1. The van der Waals surface area contributed by atoms with Gasteiger partial charge in [-0.15, -0.1) is 0 Å². The van der Waals surface area contributed by atoms with Gasteiger partial charge in [-0.1, -0.05) is 18.2 Å². The molecule has 1 heterocycles. The molecule has 1 aromatic carbocycles.